The summed E-state index contributed by atoms with van der Waals surface area (Å²) in [4.78, 5) is 0. The Hall–Kier alpha value is -0.490. The fourth-order valence-electron chi connectivity index (χ4n) is 8.90. The summed E-state index contributed by atoms with van der Waals surface area (Å²) in [5.41, 5.74) is 2.12. The van der Waals surface area contributed by atoms with Gasteiger partial charge in [-0.3, -0.25) is 0 Å². The number of hydrogen-bond acceptors (Lipinski definition) is 0. The molecule has 0 aromatic carbocycles. The molecule has 0 aliphatic heterocycles. The third-order valence-electron chi connectivity index (χ3n) is 11.1. The first-order valence-electron chi connectivity index (χ1n) is 14.2. The first-order chi connectivity index (χ1) is 15.6. The molecule has 0 N–H and O–H groups in total. The van der Waals surface area contributed by atoms with Crippen molar-refractivity contribution in [2.24, 2.45) is 51.8 Å². The summed E-state index contributed by atoms with van der Waals surface area (Å²) in [6.45, 7) is 21.1. The second-order valence-corrected chi connectivity index (χ2v) is 14.2. The van der Waals surface area contributed by atoms with Crippen LogP contribution in [0.1, 0.15) is 105 Å². The molecule has 0 aromatic heterocycles. The van der Waals surface area contributed by atoms with Gasteiger partial charge in [0.15, 0.2) is 0 Å². The molecule has 0 aromatic rings. The third kappa shape index (κ3) is 4.69. The SMILES string of the molecule is C=CC(=C)[C@]12C=CC[C@](CC(C)C)(CCC1(C)C1CCC(C(Cl)C(C)C[C@@H]3CC3C)CC1)C2. The Balaban J connectivity index is 1.49. The van der Waals surface area contributed by atoms with E-state index in [0.29, 0.717) is 22.6 Å². The Morgan fingerprint density at radius 2 is 1.82 bits per heavy atom. The molecule has 3 fully saturated rings. The van der Waals surface area contributed by atoms with Crippen LogP contribution in [0.15, 0.2) is 37.0 Å². The quantitative estimate of drug-likeness (QED) is 0.178. The van der Waals surface area contributed by atoms with Crippen LogP contribution in [0.5, 0.6) is 0 Å². The zero-order valence-electron chi connectivity index (χ0n) is 22.3. The third-order valence-corrected chi connectivity index (χ3v) is 11.9. The van der Waals surface area contributed by atoms with Crippen molar-refractivity contribution >= 4 is 11.6 Å². The standard InChI is InChI=1S/C32H51Cl/c1-8-25(6)32-15-9-14-31(21-32,20-22(2)3)17-16-30(32,7)28-12-10-26(11-13-28)29(33)24(5)19-27-18-23(27)4/h8-9,15,22-24,26-29H,1,6,10-14,16-21H2,2-5,7H3/t23?,24?,26?,27-,28?,29?,30?,31+,32+/m0/s1. The molecule has 3 saturated carbocycles. The Morgan fingerprint density at radius 1 is 1.15 bits per heavy atom. The molecule has 4 aliphatic carbocycles. The van der Waals surface area contributed by atoms with Gasteiger partial charge in [-0.1, -0.05) is 66.0 Å². The average molecular weight is 471 g/mol. The Morgan fingerprint density at radius 3 is 2.39 bits per heavy atom. The minimum Gasteiger partial charge on any atom is -0.122 e. The molecule has 4 unspecified atom stereocenters. The number of rotatable bonds is 9. The van der Waals surface area contributed by atoms with E-state index in [4.69, 9.17) is 11.6 Å². The number of halogens is 1. The molecule has 0 saturated heterocycles. The van der Waals surface area contributed by atoms with Crippen LogP contribution in [0, 0.1) is 51.8 Å². The predicted molar refractivity (Wildman–Crippen MR) is 146 cm³/mol. The largest absolute Gasteiger partial charge is 0.122 e. The second kappa shape index (κ2) is 9.52. The molecular formula is C32H51Cl. The van der Waals surface area contributed by atoms with Crippen molar-refractivity contribution in [1.82, 2.24) is 0 Å². The topological polar surface area (TPSA) is 0 Å². The van der Waals surface area contributed by atoms with E-state index in [1.807, 2.05) is 0 Å². The minimum atomic E-state index is 0.0907. The van der Waals surface area contributed by atoms with Gasteiger partial charge in [-0.15, -0.1) is 11.6 Å². The van der Waals surface area contributed by atoms with E-state index >= 15 is 0 Å². The lowest BCUT2D eigenvalue weighted by Gasteiger charge is -2.63. The van der Waals surface area contributed by atoms with E-state index in [9.17, 15) is 0 Å². The number of allylic oxidation sites excluding steroid dienone is 4. The highest BCUT2D eigenvalue weighted by Crippen LogP contribution is 2.69. The molecule has 0 nitrogen and oxygen atoms in total. The van der Waals surface area contributed by atoms with Gasteiger partial charge in [-0.25, -0.2) is 0 Å². The summed E-state index contributed by atoms with van der Waals surface area (Å²) in [6, 6.07) is 0. The second-order valence-electron chi connectivity index (χ2n) is 13.7. The van der Waals surface area contributed by atoms with Gasteiger partial charge in [-0.2, -0.15) is 0 Å². The summed E-state index contributed by atoms with van der Waals surface area (Å²) in [7, 11) is 0. The van der Waals surface area contributed by atoms with Gasteiger partial charge in [0.2, 0.25) is 0 Å². The van der Waals surface area contributed by atoms with Gasteiger partial charge in [-0.05, 0) is 123 Å². The van der Waals surface area contributed by atoms with Gasteiger partial charge in [0.05, 0.1) is 0 Å². The number of alkyl halides is 1. The first kappa shape index (κ1) is 25.6. The normalized spacial score (nSPS) is 44.3. The van der Waals surface area contributed by atoms with Crippen LogP contribution in [-0.4, -0.2) is 5.38 Å². The lowest BCUT2D eigenvalue weighted by Crippen LogP contribution is -2.54. The van der Waals surface area contributed by atoms with Crippen LogP contribution in [0.25, 0.3) is 0 Å². The van der Waals surface area contributed by atoms with E-state index in [0.717, 1.165) is 23.7 Å². The van der Waals surface area contributed by atoms with Crippen molar-refractivity contribution in [2.45, 2.75) is 111 Å². The van der Waals surface area contributed by atoms with Crippen LogP contribution >= 0.6 is 11.6 Å². The van der Waals surface area contributed by atoms with E-state index in [2.05, 4.69) is 66.0 Å². The monoisotopic (exact) mass is 470 g/mol. The number of hydrogen-bond donors (Lipinski definition) is 0. The van der Waals surface area contributed by atoms with Gasteiger partial charge < -0.3 is 0 Å². The van der Waals surface area contributed by atoms with Gasteiger partial charge in [0.25, 0.3) is 0 Å². The van der Waals surface area contributed by atoms with Crippen molar-refractivity contribution in [3.63, 3.8) is 0 Å². The maximum absolute atomic E-state index is 7.11. The summed E-state index contributed by atoms with van der Waals surface area (Å²) < 4.78 is 0. The van der Waals surface area contributed by atoms with E-state index in [-0.39, 0.29) is 10.8 Å². The minimum absolute atomic E-state index is 0.0907. The van der Waals surface area contributed by atoms with Gasteiger partial charge in [0, 0.05) is 10.8 Å². The summed E-state index contributed by atoms with van der Waals surface area (Å²) in [5.74, 6) is 4.80. The molecule has 7 atom stereocenters. The maximum Gasteiger partial charge on any atom is 0.0389 e. The van der Waals surface area contributed by atoms with Crippen LogP contribution in [0.3, 0.4) is 0 Å². The molecular weight excluding hydrogens is 420 g/mol. The van der Waals surface area contributed by atoms with Crippen LogP contribution < -0.4 is 0 Å². The Bertz CT molecular complexity index is 754. The molecule has 33 heavy (non-hydrogen) atoms. The first-order valence-corrected chi connectivity index (χ1v) is 14.6. The van der Waals surface area contributed by atoms with Gasteiger partial charge >= 0.3 is 0 Å². The van der Waals surface area contributed by atoms with Crippen molar-refractivity contribution < 1.29 is 0 Å². The Kier molecular flexibility index (Phi) is 7.38. The molecule has 0 spiro atoms. The van der Waals surface area contributed by atoms with Crippen LogP contribution in [-0.2, 0) is 0 Å². The van der Waals surface area contributed by atoms with Crippen LogP contribution in [0.4, 0.5) is 0 Å². The van der Waals surface area contributed by atoms with E-state index in [1.165, 1.54) is 76.2 Å². The molecule has 0 amide bonds. The van der Waals surface area contributed by atoms with Gasteiger partial charge in [0.1, 0.15) is 0 Å². The highest BCUT2D eigenvalue weighted by atomic mass is 35.5. The van der Waals surface area contributed by atoms with E-state index in [1.54, 1.807) is 0 Å². The molecule has 1 heteroatoms. The molecule has 4 aliphatic rings. The van der Waals surface area contributed by atoms with Crippen molar-refractivity contribution in [3.05, 3.63) is 37.0 Å². The maximum atomic E-state index is 7.11. The zero-order chi connectivity index (χ0) is 24.0. The highest BCUT2D eigenvalue weighted by Gasteiger charge is 2.59. The van der Waals surface area contributed by atoms with Crippen molar-refractivity contribution in [2.75, 3.05) is 0 Å². The predicted octanol–water partition coefficient (Wildman–Crippen LogP) is 9.99. The average Bonchev–Trinajstić information content (AvgIpc) is 3.49. The van der Waals surface area contributed by atoms with Crippen molar-refractivity contribution in [1.29, 1.82) is 0 Å². The Labute approximate surface area is 210 Å². The highest BCUT2D eigenvalue weighted by molar-refractivity contribution is 6.21. The zero-order valence-corrected chi connectivity index (χ0v) is 23.1. The fraction of sp³-hybridized carbons (Fsp3) is 0.812. The lowest BCUT2D eigenvalue weighted by molar-refractivity contribution is -0.0741. The lowest BCUT2D eigenvalue weighted by atomic mass is 9.41. The summed E-state index contributed by atoms with van der Waals surface area (Å²) >= 11 is 7.11. The van der Waals surface area contributed by atoms with Crippen molar-refractivity contribution in [3.8, 4) is 0 Å². The summed E-state index contributed by atoms with van der Waals surface area (Å²) in [5, 5.41) is 0.364. The molecule has 4 rings (SSSR count). The fourth-order valence-corrected chi connectivity index (χ4v) is 9.25. The molecule has 0 radical (unpaired) electrons. The van der Waals surface area contributed by atoms with Crippen LogP contribution in [0.2, 0.25) is 0 Å². The molecule has 0 heterocycles. The molecule has 186 valence electrons. The smallest absolute Gasteiger partial charge is 0.0389 e. The summed E-state index contributed by atoms with van der Waals surface area (Å²) in [6.07, 6.45) is 21.9. The number of fused-ring (bicyclic) bond motifs is 2. The molecule has 2 bridgehead atoms. The van der Waals surface area contributed by atoms with E-state index < -0.39 is 0 Å².